The Labute approximate surface area is 125 Å². The average Bonchev–Trinajstić information content (AvgIpc) is 2.41. The maximum Gasteiger partial charge on any atom is 0.118 e. The number of hydrogen-bond donors (Lipinski definition) is 0. The first-order chi connectivity index (χ1) is 8.61. The number of methoxy groups -OCH3 is 1. The molecular formula is C14H11BrCl2O. The van der Waals surface area contributed by atoms with E-state index in [-0.39, 0.29) is 5.38 Å². The molecule has 1 unspecified atom stereocenters. The lowest BCUT2D eigenvalue weighted by Crippen LogP contribution is -1.93. The molecule has 0 saturated heterocycles. The first-order valence-corrected chi connectivity index (χ1v) is 6.95. The third-order valence-corrected chi connectivity index (χ3v) is 4.38. The van der Waals surface area contributed by atoms with Crippen molar-refractivity contribution >= 4 is 39.1 Å². The van der Waals surface area contributed by atoms with E-state index < -0.39 is 0 Å². The van der Waals surface area contributed by atoms with Gasteiger partial charge in [0.2, 0.25) is 0 Å². The van der Waals surface area contributed by atoms with Gasteiger partial charge in [-0.3, -0.25) is 0 Å². The van der Waals surface area contributed by atoms with Crippen LogP contribution < -0.4 is 4.74 Å². The van der Waals surface area contributed by atoms with Crippen LogP contribution in [-0.2, 0) is 0 Å². The summed E-state index contributed by atoms with van der Waals surface area (Å²) >= 11 is 15.9. The van der Waals surface area contributed by atoms with E-state index >= 15 is 0 Å². The van der Waals surface area contributed by atoms with E-state index in [2.05, 4.69) is 15.9 Å². The van der Waals surface area contributed by atoms with Crippen LogP contribution in [0, 0.1) is 0 Å². The van der Waals surface area contributed by atoms with Crippen LogP contribution >= 0.6 is 39.1 Å². The van der Waals surface area contributed by atoms with Crippen LogP contribution in [-0.4, -0.2) is 7.11 Å². The molecule has 0 amide bonds. The fraction of sp³-hybridized carbons (Fsp3) is 0.143. The third-order valence-electron chi connectivity index (χ3n) is 2.64. The van der Waals surface area contributed by atoms with Gasteiger partial charge in [0.15, 0.2) is 0 Å². The Kier molecular flexibility index (Phi) is 4.55. The summed E-state index contributed by atoms with van der Waals surface area (Å²) in [4.78, 5) is 0. The van der Waals surface area contributed by atoms with Gasteiger partial charge in [0.1, 0.15) is 5.75 Å². The van der Waals surface area contributed by atoms with Crippen LogP contribution in [0.2, 0.25) is 5.02 Å². The van der Waals surface area contributed by atoms with E-state index in [0.717, 1.165) is 21.3 Å². The molecule has 0 aliphatic rings. The Morgan fingerprint density at radius 1 is 1.06 bits per heavy atom. The van der Waals surface area contributed by atoms with Gasteiger partial charge in [-0.1, -0.05) is 29.8 Å². The Hall–Kier alpha value is -0.700. The number of hydrogen-bond acceptors (Lipinski definition) is 1. The van der Waals surface area contributed by atoms with Crippen molar-refractivity contribution in [1.82, 2.24) is 0 Å². The zero-order chi connectivity index (χ0) is 13.1. The summed E-state index contributed by atoms with van der Waals surface area (Å²) in [7, 11) is 1.64. The van der Waals surface area contributed by atoms with Crippen LogP contribution in [0.3, 0.4) is 0 Å². The van der Waals surface area contributed by atoms with Gasteiger partial charge < -0.3 is 4.74 Å². The van der Waals surface area contributed by atoms with Crippen molar-refractivity contribution in [3.8, 4) is 5.75 Å². The van der Waals surface area contributed by atoms with Crippen LogP contribution in [0.1, 0.15) is 16.5 Å². The summed E-state index contributed by atoms with van der Waals surface area (Å²) in [5.41, 5.74) is 1.98. The van der Waals surface area contributed by atoms with E-state index in [1.165, 1.54) is 0 Å². The van der Waals surface area contributed by atoms with Gasteiger partial charge in [-0.15, -0.1) is 11.6 Å². The monoisotopic (exact) mass is 344 g/mol. The number of alkyl halides is 1. The van der Waals surface area contributed by atoms with Gasteiger partial charge in [0, 0.05) is 4.47 Å². The van der Waals surface area contributed by atoms with Crippen LogP contribution in [0.15, 0.2) is 46.9 Å². The normalized spacial score (nSPS) is 12.2. The minimum absolute atomic E-state index is 0.221. The maximum absolute atomic E-state index is 6.44. The molecule has 2 rings (SSSR count). The average molecular weight is 346 g/mol. The molecule has 0 bridgehead atoms. The summed E-state index contributed by atoms with van der Waals surface area (Å²) in [5, 5.41) is 0.438. The Bertz CT molecular complexity index is 540. The molecule has 0 fully saturated rings. The van der Waals surface area contributed by atoms with Crippen molar-refractivity contribution in [1.29, 1.82) is 0 Å². The molecule has 0 aromatic heterocycles. The Morgan fingerprint density at radius 3 is 2.22 bits per heavy atom. The lowest BCUT2D eigenvalue weighted by Gasteiger charge is -2.12. The van der Waals surface area contributed by atoms with Crippen LogP contribution in [0.4, 0.5) is 0 Å². The number of ether oxygens (including phenoxy) is 1. The molecule has 1 nitrogen and oxygen atoms in total. The van der Waals surface area contributed by atoms with E-state index in [0.29, 0.717) is 5.02 Å². The highest BCUT2D eigenvalue weighted by atomic mass is 79.9. The minimum atomic E-state index is -0.221. The number of halogens is 3. The van der Waals surface area contributed by atoms with Gasteiger partial charge in [-0.25, -0.2) is 0 Å². The molecule has 0 aliphatic carbocycles. The van der Waals surface area contributed by atoms with Gasteiger partial charge in [0.25, 0.3) is 0 Å². The van der Waals surface area contributed by atoms with E-state index in [9.17, 15) is 0 Å². The summed E-state index contributed by atoms with van der Waals surface area (Å²) in [6.45, 7) is 0. The molecule has 94 valence electrons. The van der Waals surface area contributed by atoms with E-state index in [1.807, 2.05) is 42.5 Å². The van der Waals surface area contributed by atoms with Gasteiger partial charge in [-0.05, 0) is 51.3 Å². The molecule has 0 saturated carbocycles. The predicted octanol–water partition coefficient (Wildman–Crippen LogP) is 5.44. The standard InChI is InChI=1S/C14H11BrCl2O/c1-18-11-5-2-9(3-6-11)14(17)10-4-7-12(15)13(16)8-10/h2-8,14H,1H3. The molecule has 18 heavy (non-hydrogen) atoms. The molecule has 0 spiro atoms. The molecule has 0 aliphatic heterocycles. The van der Waals surface area contributed by atoms with Crippen molar-refractivity contribution in [3.63, 3.8) is 0 Å². The smallest absolute Gasteiger partial charge is 0.118 e. The SMILES string of the molecule is COc1ccc(C(Cl)c2ccc(Br)c(Cl)c2)cc1. The molecule has 1 atom stereocenters. The molecular weight excluding hydrogens is 335 g/mol. The predicted molar refractivity (Wildman–Crippen MR) is 79.8 cm³/mol. The summed E-state index contributed by atoms with van der Waals surface area (Å²) < 4.78 is 5.99. The molecule has 0 radical (unpaired) electrons. The summed E-state index contributed by atoms with van der Waals surface area (Å²) in [6, 6.07) is 13.4. The lowest BCUT2D eigenvalue weighted by atomic mass is 10.0. The van der Waals surface area contributed by atoms with Gasteiger partial charge in [0.05, 0.1) is 17.5 Å². The van der Waals surface area contributed by atoms with E-state index in [4.69, 9.17) is 27.9 Å². The second-order valence-corrected chi connectivity index (χ2v) is 5.51. The minimum Gasteiger partial charge on any atom is -0.497 e. The van der Waals surface area contributed by atoms with Crippen molar-refractivity contribution in [2.24, 2.45) is 0 Å². The van der Waals surface area contributed by atoms with Crippen molar-refractivity contribution in [3.05, 3.63) is 63.1 Å². The lowest BCUT2D eigenvalue weighted by molar-refractivity contribution is 0.414. The fourth-order valence-electron chi connectivity index (χ4n) is 1.64. The second kappa shape index (κ2) is 5.96. The third kappa shape index (κ3) is 3.00. The zero-order valence-corrected chi connectivity index (χ0v) is 12.8. The van der Waals surface area contributed by atoms with Crippen molar-refractivity contribution in [2.75, 3.05) is 7.11 Å². The highest BCUT2D eigenvalue weighted by Crippen LogP contribution is 2.33. The summed E-state index contributed by atoms with van der Waals surface area (Å²) in [6.07, 6.45) is 0. The fourth-order valence-corrected chi connectivity index (χ4v) is 2.35. The molecule has 4 heteroatoms. The first kappa shape index (κ1) is 13.7. The number of rotatable bonds is 3. The number of benzene rings is 2. The zero-order valence-electron chi connectivity index (χ0n) is 9.66. The Balaban J connectivity index is 2.28. The van der Waals surface area contributed by atoms with Crippen LogP contribution in [0.5, 0.6) is 5.75 Å². The molecule has 0 heterocycles. The first-order valence-electron chi connectivity index (χ1n) is 5.35. The molecule has 2 aromatic rings. The highest BCUT2D eigenvalue weighted by Gasteiger charge is 2.12. The quantitative estimate of drug-likeness (QED) is 0.673. The largest absolute Gasteiger partial charge is 0.497 e. The highest BCUT2D eigenvalue weighted by molar-refractivity contribution is 9.10. The van der Waals surface area contributed by atoms with Gasteiger partial charge in [-0.2, -0.15) is 0 Å². The second-order valence-electron chi connectivity index (χ2n) is 3.81. The maximum atomic E-state index is 6.44. The topological polar surface area (TPSA) is 9.23 Å². The van der Waals surface area contributed by atoms with Crippen LogP contribution in [0.25, 0.3) is 0 Å². The summed E-state index contributed by atoms with van der Waals surface area (Å²) in [5.74, 6) is 0.816. The molecule has 2 aromatic carbocycles. The molecule has 0 N–H and O–H groups in total. The van der Waals surface area contributed by atoms with E-state index in [1.54, 1.807) is 7.11 Å². The van der Waals surface area contributed by atoms with Crippen molar-refractivity contribution in [2.45, 2.75) is 5.38 Å². The van der Waals surface area contributed by atoms with Crippen molar-refractivity contribution < 1.29 is 4.74 Å². The van der Waals surface area contributed by atoms with Gasteiger partial charge >= 0.3 is 0 Å². The Morgan fingerprint density at radius 2 is 1.67 bits per heavy atom.